The van der Waals surface area contributed by atoms with E-state index >= 15 is 0 Å². The third-order valence-electron chi connectivity index (χ3n) is 7.81. The number of hydrogen-bond donors (Lipinski definition) is 4. The minimum absolute atomic E-state index is 0.0578. The molecule has 1 unspecified atom stereocenters. The molecule has 0 amide bonds. The van der Waals surface area contributed by atoms with Crippen LogP contribution in [-0.4, -0.2) is 51.3 Å². The van der Waals surface area contributed by atoms with Crippen molar-refractivity contribution in [3.05, 3.63) is 66.5 Å². The molecule has 0 spiro atoms. The van der Waals surface area contributed by atoms with Crippen LogP contribution in [0.3, 0.4) is 0 Å². The van der Waals surface area contributed by atoms with Gasteiger partial charge in [-0.05, 0) is 69.0 Å². The predicted molar refractivity (Wildman–Crippen MR) is 155 cm³/mol. The highest BCUT2D eigenvalue weighted by molar-refractivity contribution is 5.98. The number of aromatic nitrogens is 3. The van der Waals surface area contributed by atoms with Crippen LogP contribution in [0.2, 0.25) is 0 Å². The number of aliphatic hydroxyl groups excluding tert-OH is 1. The van der Waals surface area contributed by atoms with Crippen LogP contribution in [-0.2, 0) is 0 Å². The molecule has 3 atom stereocenters. The number of piperidine rings is 1. The van der Waals surface area contributed by atoms with Gasteiger partial charge in [0.25, 0.3) is 0 Å². The van der Waals surface area contributed by atoms with Gasteiger partial charge in [-0.3, -0.25) is 0 Å². The molecule has 1 saturated heterocycles. The van der Waals surface area contributed by atoms with Gasteiger partial charge >= 0.3 is 0 Å². The van der Waals surface area contributed by atoms with Crippen molar-refractivity contribution in [3.8, 4) is 22.9 Å². The molecule has 39 heavy (non-hydrogen) atoms. The van der Waals surface area contributed by atoms with E-state index in [1.165, 1.54) is 0 Å². The molecule has 0 bridgehead atoms. The zero-order chi connectivity index (χ0) is 26.6. The van der Waals surface area contributed by atoms with Crippen molar-refractivity contribution in [1.29, 1.82) is 0 Å². The zero-order valence-electron chi connectivity index (χ0n) is 22.4. The van der Waals surface area contributed by atoms with Crippen molar-refractivity contribution in [3.63, 3.8) is 0 Å². The topological polar surface area (TPSA) is 104 Å². The summed E-state index contributed by atoms with van der Waals surface area (Å²) in [5.41, 5.74) is 3.59. The number of rotatable bonds is 7. The molecule has 4 N–H and O–H groups in total. The fourth-order valence-electron chi connectivity index (χ4n) is 5.68. The number of aliphatic hydroxyl groups is 1. The summed E-state index contributed by atoms with van der Waals surface area (Å²) in [6, 6.07) is 16.5. The van der Waals surface area contributed by atoms with E-state index < -0.39 is 0 Å². The Balaban J connectivity index is 1.31. The van der Waals surface area contributed by atoms with Gasteiger partial charge in [0.2, 0.25) is 11.8 Å². The Morgan fingerprint density at radius 1 is 0.897 bits per heavy atom. The van der Waals surface area contributed by atoms with Gasteiger partial charge in [-0.1, -0.05) is 37.1 Å². The molecule has 1 aliphatic heterocycles. The maximum absolute atomic E-state index is 10.5. The standard InChI is InChI=1S/C31H36N6O2/c1-20-13-14-22-23(8-4-11-25(22)36-27-10-2-3-12-28(27)38)29(20)39-30-24(9-6-17-33-30)26-15-18-34-31(37-26)35-21-7-5-16-32-19-21/h4,6,8-9,11,13-15,17-18,21,27-28,32,36,38H,2-3,5,7,10,12,16,19H2,1H3,(H,34,35,37)/t21-,27?,28+/m0/s1. The summed E-state index contributed by atoms with van der Waals surface area (Å²) < 4.78 is 6.58. The molecule has 8 nitrogen and oxygen atoms in total. The zero-order valence-corrected chi connectivity index (χ0v) is 22.4. The van der Waals surface area contributed by atoms with Crippen molar-refractivity contribution >= 4 is 22.4 Å². The molecule has 1 aliphatic carbocycles. The Morgan fingerprint density at radius 2 is 1.82 bits per heavy atom. The van der Waals surface area contributed by atoms with Crippen LogP contribution in [0.15, 0.2) is 60.9 Å². The van der Waals surface area contributed by atoms with Crippen LogP contribution in [0.1, 0.15) is 44.1 Å². The quantitative estimate of drug-likeness (QED) is 0.245. The summed E-state index contributed by atoms with van der Waals surface area (Å²) in [7, 11) is 0. The Bertz CT molecular complexity index is 1440. The molecule has 0 radical (unpaired) electrons. The number of benzene rings is 2. The van der Waals surface area contributed by atoms with Crippen LogP contribution in [0.25, 0.3) is 22.0 Å². The van der Waals surface area contributed by atoms with Gasteiger partial charge in [0.05, 0.1) is 23.4 Å². The van der Waals surface area contributed by atoms with E-state index in [4.69, 9.17) is 9.72 Å². The molecular formula is C31H36N6O2. The lowest BCUT2D eigenvalue weighted by Gasteiger charge is -2.29. The Kier molecular flexibility index (Phi) is 7.56. The number of aryl methyl sites for hydroxylation is 1. The van der Waals surface area contributed by atoms with Crippen molar-refractivity contribution in [1.82, 2.24) is 20.3 Å². The second-order valence-electron chi connectivity index (χ2n) is 10.6. The van der Waals surface area contributed by atoms with E-state index in [9.17, 15) is 5.11 Å². The lowest BCUT2D eigenvalue weighted by Crippen LogP contribution is -2.38. The van der Waals surface area contributed by atoms with Gasteiger partial charge in [0.15, 0.2) is 0 Å². The minimum atomic E-state index is -0.326. The first kappa shape index (κ1) is 25.5. The molecule has 2 aliphatic rings. The van der Waals surface area contributed by atoms with Gasteiger partial charge < -0.3 is 25.8 Å². The van der Waals surface area contributed by atoms with Crippen molar-refractivity contribution in [2.24, 2.45) is 0 Å². The first-order valence-electron chi connectivity index (χ1n) is 14.1. The van der Waals surface area contributed by atoms with E-state index in [2.05, 4.69) is 50.2 Å². The molecule has 2 fully saturated rings. The van der Waals surface area contributed by atoms with E-state index in [-0.39, 0.29) is 12.1 Å². The lowest BCUT2D eigenvalue weighted by molar-refractivity contribution is 0.116. The summed E-state index contributed by atoms with van der Waals surface area (Å²) in [4.78, 5) is 13.9. The fraction of sp³-hybridized carbons (Fsp3) is 0.387. The van der Waals surface area contributed by atoms with E-state index in [1.54, 1.807) is 12.4 Å². The minimum Gasteiger partial charge on any atom is -0.437 e. The summed E-state index contributed by atoms with van der Waals surface area (Å²) in [5, 5.41) is 23.1. The number of nitrogens with one attached hydrogen (secondary N) is 3. The van der Waals surface area contributed by atoms with Crippen LogP contribution >= 0.6 is 0 Å². The first-order valence-corrected chi connectivity index (χ1v) is 14.1. The average molecular weight is 525 g/mol. The molecule has 2 aromatic carbocycles. The summed E-state index contributed by atoms with van der Waals surface area (Å²) in [5.74, 6) is 1.87. The summed E-state index contributed by atoms with van der Waals surface area (Å²) in [6.45, 7) is 4.02. The molecule has 202 valence electrons. The Morgan fingerprint density at radius 3 is 2.69 bits per heavy atom. The van der Waals surface area contributed by atoms with Crippen LogP contribution in [0.5, 0.6) is 11.6 Å². The molecule has 4 aromatic rings. The molecule has 6 rings (SSSR count). The Labute approximate surface area is 229 Å². The van der Waals surface area contributed by atoms with E-state index in [0.29, 0.717) is 17.9 Å². The number of hydrogen-bond acceptors (Lipinski definition) is 8. The predicted octanol–water partition coefficient (Wildman–Crippen LogP) is 5.67. The van der Waals surface area contributed by atoms with Crippen molar-refractivity contribution in [2.75, 3.05) is 23.7 Å². The maximum atomic E-state index is 10.5. The molecule has 3 heterocycles. The second kappa shape index (κ2) is 11.6. The molecule has 8 heteroatoms. The SMILES string of the molecule is Cc1ccc2c(NC3CCCC[C@H]3O)cccc2c1Oc1ncccc1-c1ccnc(N[C@H]2CCCNC2)n1. The molecular weight excluding hydrogens is 488 g/mol. The maximum Gasteiger partial charge on any atom is 0.228 e. The second-order valence-corrected chi connectivity index (χ2v) is 10.6. The van der Waals surface area contributed by atoms with Gasteiger partial charge in [-0.25, -0.2) is 15.0 Å². The number of ether oxygens (including phenoxy) is 1. The third-order valence-corrected chi connectivity index (χ3v) is 7.81. The van der Waals surface area contributed by atoms with Gasteiger partial charge in [0.1, 0.15) is 5.75 Å². The number of pyridine rings is 1. The Hall–Kier alpha value is -3.75. The van der Waals surface area contributed by atoms with Crippen molar-refractivity contribution in [2.45, 2.75) is 63.6 Å². The fourth-order valence-corrected chi connectivity index (χ4v) is 5.68. The molecule has 1 saturated carbocycles. The first-order chi connectivity index (χ1) is 19.2. The highest BCUT2D eigenvalue weighted by atomic mass is 16.5. The average Bonchev–Trinajstić information content (AvgIpc) is 2.97. The number of nitrogens with zero attached hydrogens (tertiary/aromatic N) is 3. The normalized spacial score (nSPS) is 21.4. The largest absolute Gasteiger partial charge is 0.437 e. The van der Waals surface area contributed by atoms with Gasteiger partial charge in [0, 0.05) is 41.4 Å². The van der Waals surface area contributed by atoms with E-state index in [1.807, 2.05) is 31.2 Å². The number of anilines is 2. The highest BCUT2D eigenvalue weighted by Crippen LogP contribution is 2.39. The van der Waals surface area contributed by atoms with Gasteiger partial charge in [-0.2, -0.15) is 0 Å². The summed E-state index contributed by atoms with van der Waals surface area (Å²) >= 11 is 0. The number of fused-ring (bicyclic) bond motifs is 1. The molecule has 2 aromatic heterocycles. The van der Waals surface area contributed by atoms with Crippen LogP contribution in [0, 0.1) is 6.92 Å². The monoisotopic (exact) mass is 524 g/mol. The highest BCUT2D eigenvalue weighted by Gasteiger charge is 2.24. The van der Waals surface area contributed by atoms with Gasteiger partial charge in [-0.15, -0.1) is 0 Å². The van der Waals surface area contributed by atoms with Crippen molar-refractivity contribution < 1.29 is 9.84 Å². The lowest BCUT2D eigenvalue weighted by atomic mass is 9.92. The third kappa shape index (κ3) is 5.67. The smallest absolute Gasteiger partial charge is 0.228 e. The van der Waals surface area contributed by atoms with Crippen LogP contribution in [0.4, 0.5) is 11.6 Å². The summed E-state index contributed by atoms with van der Waals surface area (Å²) in [6.07, 6.45) is 9.46. The van der Waals surface area contributed by atoms with Crippen LogP contribution < -0.4 is 20.7 Å². The van der Waals surface area contributed by atoms with E-state index in [0.717, 1.165) is 90.6 Å².